The van der Waals surface area contributed by atoms with Crippen molar-refractivity contribution in [1.29, 1.82) is 0 Å². The number of nitrogens with one attached hydrogen (secondary N) is 1. The molecule has 0 amide bonds. The molecule has 0 saturated carbocycles. The molecule has 0 radical (unpaired) electrons. The molecule has 1 aromatic carbocycles. The van der Waals surface area contributed by atoms with E-state index in [2.05, 4.69) is 18.2 Å². The fourth-order valence-electron chi connectivity index (χ4n) is 1.35. The van der Waals surface area contributed by atoms with E-state index in [-0.39, 0.29) is 6.61 Å². The lowest BCUT2D eigenvalue weighted by Crippen LogP contribution is -2.14. The van der Waals surface area contributed by atoms with Gasteiger partial charge in [0, 0.05) is 17.1 Å². The lowest BCUT2D eigenvalue weighted by molar-refractivity contribution is 0.365. The second kappa shape index (κ2) is 7.16. The molecule has 3 heteroatoms. The number of terminal acetylenes is 1. The number of halogens is 1. The van der Waals surface area contributed by atoms with Gasteiger partial charge in [0.15, 0.2) is 0 Å². The van der Waals surface area contributed by atoms with Crippen LogP contribution in [0.5, 0.6) is 5.75 Å². The number of benzene rings is 1. The van der Waals surface area contributed by atoms with Crippen LogP contribution < -0.4 is 10.1 Å². The number of rotatable bonds is 6. The second-order valence-electron chi connectivity index (χ2n) is 3.42. The molecule has 0 bridgehead atoms. The molecule has 0 spiro atoms. The Kier molecular flexibility index (Phi) is 5.77. The summed E-state index contributed by atoms with van der Waals surface area (Å²) in [6.45, 7) is 4.12. The van der Waals surface area contributed by atoms with Crippen LogP contribution in [0.4, 0.5) is 0 Å². The van der Waals surface area contributed by atoms with E-state index in [1.165, 1.54) is 0 Å². The molecule has 0 fully saturated rings. The van der Waals surface area contributed by atoms with Crippen LogP contribution in [-0.2, 0) is 6.54 Å². The van der Waals surface area contributed by atoms with E-state index in [1.54, 1.807) is 6.07 Å². The Morgan fingerprint density at radius 2 is 2.31 bits per heavy atom. The van der Waals surface area contributed by atoms with Crippen molar-refractivity contribution in [3.8, 4) is 18.1 Å². The Morgan fingerprint density at radius 3 is 3.00 bits per heavy atom. The average Bonchev–Trinajstić information content (AvgIpc) is 2.28. The summed E-state index contributed by atoms with van der Waals surface area (Å²) in [5, 5.41) is 4.01. The van der Waals surface area contributed by atoms with Gasteiger partial charge < -0.3 is 10.1 Å². The molecule has 0 aliphatic heterocycles. The van der Waals surface area contributed by atoms with E-state index < -0.39 is 0 Å². The predicted molar refractivity (Wildman–Crippen MR) is 67.8 cm³/mol. The normalized spacial score (nSPS) is 9.81. The Hall–Kier alpha value is -1.17. The quantitative estimate of drug-likeness (QED) is 0.607. The Labute approximate surface area is 102 Å². The average molecular weight is 238 g/mol. The summed E-state index contributed by atoms with van der Waals surface area (Å²) in [6, 6.07) is 5.55. The molecule has 0 aromatic heterocycles. The smallest absolute Gasteiger partial charge is 0.148 e. The second-order valence-corrected chi connectivity index (χ2v) is 3.86. The first kappa shape index (κ1) is 12.9. The highest BCUT2D eigenvalue weighted by atomic mass is 35.5. The van der Waals surface area contributed by atoms with Gasteiger partial charge in [0.2, 0.25) is 0 Å². The van der Waals surface area contributed by atoms with Crippen molar-refractivity contribution < 1.29 is 4.74 Å². The Morgan fingerprint density at radius 1 is 1.50 bits per heavy atom. The van der Waals surface area contributed by atoms with Crippen molar-refractivity contribution in [2.45, 2.75) is 19.9 Å². The molecule has 1 N–H and O–H groups in total. The molecule has 86 valence electrons. The molecule has 2 nitrogen and oxygen atoms in total. The van der Waals surface area contributed by atoms with E-state index in [0.29, 0.717) is 5.02 Å². The van der Waals surface area contributed by atoms with Crippen molar-refractivity contribution in [2.24, 2.45) is 0 Å². The molecular formula is C13H16ClNO. The highest BCUT2D eigenvalue weighted by Crippen LogP contribution is 2.22. The van der Waals surface area contributed by atoms with Crippen molar-refractivity contribution in [2.75, 3.05) is 13.2 Å². The summed E-state index contributed by atoms with van der Waals surface area (Å²) in [6.07, 6.45) is 6.26. The van der Waals surface area contributed by atoms with Gasteiger partial charge in [0.25, 0.3) is 0 Å². The molecule has 0 heterocycles. The zero-order chi connectivity index (χ0) is 11.8. The van der Waals surface area contributed by atoms with E-state index in [9.17, 15) is 0 Å². The third-order valence-electron chi connectivity index (χ3n) is 2.08. The Balaban J connectivity index is 2.69. The number of ether oxygens (including phenoxy) is 1. The van der Waals surface area contributed by atoms with Crippen LogP contribution in [-0.4, -0.2) is 13.2 Å². The standard InChI is InChI=1S/C13H16ClNO/c1-3-7-15-10-11-9-12(14)5-6-13(11)16-8-4-2/h2,5-6,9,15H,3,7-8,10H2,1H3. The van der Waals surface area contributed by atoms with Crippen molar-refractivity contribution in [1.82, 2.24) is 5.32 Å². The summed E-state index contributed by atoms with van der Waals surface area (Å²) < 4.78 is 5.44. The van der Waals surface area contributed by atoms with Crippen LogP contribution >= 0.6 is 11.6 Å². The predicted octanol–water partition coefficient (Wildman–Crippen LogP) is 2.85. The summed E-state index contributed by atoms with van der Waals surface area (Å²) in [4.78, 5) is 0. The minimum Gasteiger partial charge on any atom is -0.481 e. The van der Waals surface area contributed by atoms with Crippen molar-refractivity contribution in [3.63, 3.8) is 0 Å². The van der Waals surface area contributed by atoms with E-state index >= 15 is 0 Å². The summed E-state index contributed by atoms with van der Waals surface area (Å²) in [5.41, 5.74) is 1.04. The van der Waals surface area contributed by atoms with Crippen LogP contribution in [0.3, 0.4) is 0 Å². The van der Waals surface area contributed by atoms with Crippen molar-refractivity contribution in [3.05, 3.63) is 28.8 Å². The molecule has 16 heavy (non-hydrogen) atoms. The van der Waals surface area contributed by atoms with E-state index in [4.69, 9.17) is 22.8 Å². The third-order valence-corrected chi connectivity index (χ3v) is 2.31. The molecule has 1 aromatic rings. The maximum atomic E-state index is 5.94. The Bertz CT molecular complexity index is 371. The van der Waals surface area contributed by atoms with Gasteiger partial charge in [-0.25, -0.2) is 0 Å². The zero-order valence-electron chi connectivity index (χ0n) is 9.42. The fraction of sp³-hybridized carbons (Fsp3) is 0.385. The van der Waals surface area contributed by atoms with E-state index in [1.807, 2.05) is 12.1 Å². The first-order valence-corrected chi connectivity index (χ1v) is 5.71. The molecule has 0 unspecified atom stereocenters. The van der Waals surface area contributed by atoms with Crippen LogP contribution in [0, 0.1) is 12.3 Å². The maximum Gasteiger partial charge on any atom is 0.148 e. The van der Waals surface area contributed by atoms with Gasteiger partial charge in [0.1, 0.15) is 12.4 Å². The summed E-state index contributed by atoms with van der Waals surface area (Å²) in [5.74, 6) is 3.25. The first-order valence-electron chi connectivity index (χ1n) is 5.33. The zero-order valence-corrected chi connectivity index (χ0v) is 10.2. The lowest BCUT2D eigenvalue weighted by Gasteiger charge is -2.10. The topological polar surface area (TPSA) is 21.3 Å². The molecule has 0 aliphatic rings. The molecule has 0 saturated heterocycles. The number of hydrogen-bond acceptors (Lipinski definition) is 2. The first-order chi connectivity index (χ1) is 7.77. The largest absolute Gasteiger partial charge is 0.481 e. The van der Waals surface area contributed by atoms with Gasteiger partial charge in [-0.3, -0.25) is 0 Å². The highest BCUT2D eigenvalue weighted by molar-refractivity contribution is 6.30. The highest BCUT2D eigenvalue weighted by Gasteiger charge is 2.03. The number of hydrogen-bond donors (Lipinski definition) is 1. The molecule has 0 aliphatic carbocycles. The summed E-state index contributed by atoms with van der Waals surface area (Å²) in [7, 11) is 0. The molecule has 1 rings (SSSR count). The third kappa shape index (κ3) is 4.14. The summed E-state index contributed by atoms with van der Waals surface area (Å²) >= 11 is 5.94. The molecular weight excluding hydrogens is 222 g/mol. The van der Waals surface area contributed by atoms with Gasteiger partial charge in [-0.15, -0.1) is 6.42 Å². The minimum atomic E-state index is 0.280. The SMILES string of the molecule is C#CCOc1ccc(Cl)cc1CNCCC. The monoisotopic (exact) mass is 237 g/mol. The van der Waals surface area contributed by atoms with Crippen LogP contribution in [0.15, 0.2) is 18.2 Å². The van der Waals surface area contributed by atoms with Gasteiger partial charge in [0.05, 0.1) is 0 Å². The minimum absolute atomic E-state index is 0.280. The van der Waals surface area contributed by atoms with Crippen LogP contribution in [0.2, 0.25) is 5.02 Å². The van der Waals surface area contributed by atoms with Crippen molar-refractivity contribution >= 4 is 11.6 Å². The van der Waals surface area contributed by atoms with Gasteiger partial charge in [-0.2, -0.15) is 0 Å². The van der Waals surface area contributed by atoms with Crippen LogP contribution in [0.1, 0.15) is 18.9 Å². The van der Waals surface area contributed by atoms with Gasteiger partial charge >= 0.3 is 0 Å². The van der Waals surface area contributed by atoms with Gasteiger partial charge in [-0.05, 0) is 31.2 Å². The van der Waals surface area contributed by atoms with E-state index in [0.717, 1.165) is 30.8 Å². The fourth-order valence-corrected chi connectivity index (χ4v) is 1.54. The lowest BCUT2D eigenvalue weighted by atomic mass is 10.2. The molecule has 0 atom stereocenters. The van der Waals surface area contributed by atoms with Gasteiger partial charge in [-0.1, -0.05) is 24.4 Å². The van der Waals surface area contributed by atoms with Crippen LogP contribution in [0.25, 0.3) is 0 Å². The maximum absolute atomic E-state index is 5.94.